The maximum absolute atomic E-state index is 13.1. The van der Waals surface area contributed by atoms with E-state index in [-0.39, 0.29) is 17.9 Å². The number of thioether (sulfide) groups is 1. The number of anilines is 1. The summed E-state index contributed by atoms with van der Waals surface area (Å²) in [6.45, 7) is 4.65. The molecular formula is C25H27N3O4S. The zero-order valence-corrected chi connectivity index (χ0v) is 19.8. The minimum Gasteiger partial charge on any atom is -0.493 e. The highest BCUT2D eigenvalue weighted by Crippen LogP contribution is 2.38. The molecule has 0 fully saturated rings. The fraction of sp³-hybridized carbons (Fsp3) is 0.320. The van der Waals surface area contributed by atoms with Gasteiger partial charge < -0.3 is 19.8 Å². The Morgan fingerprint density at radius 3 is 2.64 bits per heavy atom. The molecule has 0 spiro atoms. The van der Waals surface area contributed by atoms with Crippen LogP contribution in [0.5, 0.6) is 11.5 Å². The Balaban J connectivity index is 1.62. The fourth-order valence-corrected chi connectivity index (χ4v) is 4.59. The molecule has 0 bridgehead atoms. The number of nitrogens with one attached hydrogen (secondary N) is 2. The number of methoxy groups -OCH3 is 1. The molecule has 1 aromatic heterocycles. The molecule has 3 aromatic rings. The lowest BCUT2D eigenvalue weighted by Crippen LogP contribution is -2.31. The SMILES string of the molecule is CCCOc1ccc([C@H]2CC(=O)Nc3nc(SCc4ccc(C)cc4)[nH]c(=O)c32)cc1OC. The van der Waals surface area contributed by atoms with Gasteiger partial charge in [0.05, 0.1) is 19.3 Å². The molecule has 1 aliphatic rings. The zero-order valence-electron chi connectivity index (χ0n) is 18.9. The molecule has 1 amide bonds. The van der Waals surface area contributed by atoms with E-state index in [2.05, 4.69) is 39.6 Å². The molecule has 0 unspecified atom stereocenters. The lowest BCUT2D eigenvalue weighted by atomic mass is 9.86. The van der Waals surface area contributed by atoms with Crippen LogP contribution in [0.1, 0.15) is 47.9 Å². The van der Waals surface area contributed by atoms with E-state index in [0.29, 0.717) is 40.4 Å². The second-order valence-corrected chi connectivity index (χ2v) is 8.94. The number of hydrogen-bond acceptors (Lipinski definition) is 6. The smallest absolute Gasteiger partial charge is 0.257 e. The van der Waals surface area contributed by atoms with Crippen molar-refractivity contribution in [1.82, 2.24) is 9.97 Å². The maximum atomic E-state index is 13.1. The Labute approximate surface area is 196 Å². The number of ether oxygens (including phenoxy) is 2. The van der Waals surface area contributed by atoms with E-state index in [9.17, 15) is 9.59 Å². The summed E-state index contributed by atoms with van der Waals surface area (Å²) in [5.74, 6) is 1.59. The lowest BCUT2D eigenvalue weighted by molar-refractivity contribution is -0.116. The molecular weight excluding hydrogens is 438 g/mol. The molecule has 172 valence electrons. The van der Waals surface area contributed by atoms with Gasteiger partial charge in [-0.15, -0.1) is 0 Å². The van der Waals surface area contributed by atoms with Crippen molar-refractivity contribution >= 4 is 23.5 Å². The number of fused-ring (bicyclic) bond motifs is 1. The number of hydrogen-bond donors (Lipinski definition) is 2. The highest BCUT2D eigenvalue weighted by atomic mass is 32.2. The molecule has 0 saturated heterocycles. The van der Waals surface area contributed by atoms with E-state index < -0.39 is 5.92 Å². The summed E-state index contributed by atoms with van der Waals surface area (Å²) in [6.07, 6.45) is 1.04. The Morgan fingerprint density at radius 2 is 1.91 bits per heavy atom. The average Bonchev–Trinajstić information content (AvgIpc) is 2.81. The van der Waals surface area contributed by atoms with Crippen LogP contribution in [0.3, 0.4) is 0 Å². The number of rotatable bonds is 8. The Kier molecular flexibility index (Phi) is 7.03. The fourth-order valence-electron chi connectivity index (χ4n) is 3.77. The van der Waals surface area contributed by atoms with Gasteiger partial charge in [-0.3, -0.25) is 9.59 Å². The Bertz CT molecular complexity index is 1210. The standard InChI is InChI=1S/C25H27N3O4S/c1-4-11-32-19-10-9-17(12-20(19)31-3)18-13-21(29)26-23-22(18)24(30)28-25(27-23)33-14-16-7-5-15(2)6-8-16/h5-10,12,18H,4,11,13-14H2,1-3H3,(H2,26,27,28,29,30)/t18-/m1/s1. The van der Waals surface area contributed by atoms with Gasteiger partial charge in [0, 0.05) is 18.1 Å². The first-order valence-electron chi connectivity index (χ1n) is 10.9. The molecule has 1 atom stereocenters. The average molecular weight is 466 g/mol. The number of carbonyl (C=O) groups excluding carboxylic acids is 1. The van der Waals surface area contributed by atoms with Crippen molar-refractivity contribution in [3.63, 3.8) is 0 Å². The molecule has 0 radical (unpaired) electrons. The van der Waals surface area contributed by atoms with Crippen LogP contribution in [0, 0.1) is 6.92 Å². The van der Waals surface area contributed by atoms with Crippen LogP contribution in [-0.2, 0) is 10.5 Å². The first-order chi connectivity index (χ1) is 16.0. The van der Waals surface area contributed by atoms with Gasteiger partial charge in [-0.2, -0.15) is 0 Å². The van der Waals surface area contributed by atoms with E-state index >= 15 is 0 Å². The van der Waals surface area contributed by atoms with Crippen LogP contribution in [0.15, 0.2) is 52.4 Å². The number of aromatic nitrogens is 2. The highest BCUT2D eigenvalue weighted by Gasteiger charge is 2.31. The summed E-state index contributed by atoms with van der Waals surface area (Å²) in [6, 6.07) is 13.7. The highest BCUT2D eigenvalue weighted by molar-refractivity contribution is 7.98. The van der Waals surface area contributed by atoms with Gasteiger partial charge in [0.15, 0.2) is 16.7 Å². The van der Waals surface area contributed by atoms with Crippen LogP contribution in [0.2, 0.25) is 0 Å². The van der Waals surface area contributed by atoms with Crippen molar-refractivity contribution in [3.05, 3.63) is 75.1 Å². The molecule has 1 aliphatic heterocycles. The van der Waals surface area contributed by atoms with E-state index in [1.165, 1.54) is 17.3 Å². The summed E-state index contributed by atoms with van der Waals surface area (Å²) >= 11 is 1.43. The van der Waals surface area contributed by atoms with Gasteiger partial charge >= 0.3 is 0 Å². The maximum Gasteiger partial charge on any atom is 0.257 e. The second kappa shape index (κ2) is 10.1. The predicted octanol–water partition coefficient (Wildman–Crippen LogP) is 4.64. The van der Waals surface area contributed by atoms with Crippen molar-refractivity contribution in [2.24, 2.45) is 0 Å². The molecule has 0 saturated carbocycles. The van der Waals surface area contributed by atoms with Gasteiger partial charge in [-0.05, 0) is 36.6 Å². The van der Waals surface area contributed by atoms with Gasteiger partial charge in [-0.1, -0.05) is 54.6 Å². The third-order valence-corrected chi connectivity index (χ3v) is 6.42. The number of amides is 1. The van der Waals surface area contributed by atoms with Gasteiger partial charge in [0.2, 0.25) is 5.91 Å². The number of aryl methyl sites for hydroxylation is 1. The van der Waals surface area contributed by atoms with Crippen LogP contribution in [0.4, 0.5) is 5.82 Å². The number of H-pyrrole nitrogens is 1. The third kappa shape index (κ3) is 5.22. The first-order valence-corrected chi connectivity index (χ1v) is 11.9. The summed E-state index contributed by atoms with van der Waals surface area (Å²) in [7, 11) is 1.57. The van der Waals surface area contributed by atoms with Crippen LogP contribution < -0.4 is 20.3 Å². The summed E-state index contributed by atoms with van der Waals surface area (Å²) in [5.41, 5.74) is 3.34. The van der Waals surface area contributed by atoms with Gasteiger partial charge in [0.25, 0.3) is 5.56 Å². The van der Waals surface area contributed by atoms with Crippen LogP contribution >= 0.6 is 11.8 Å². The molecule has 0 aliphatic carbocycles. The quantitative estimate of drug-likeness (QED) is 0.372. The molecule has 2 aromatic carbocycles. The molecule has 4 rings (SSSR count). The molecule has 7 nitrogen and oxygen atoms in total. The molecule has 8 heteroatoms. The van der Waals surface area contributed by atoms with Crippen LogP contribution in [0.25, 0.3) is 0 Å². The summed E-state index contributed by atoms with van der Waals surface area (Å²) in [4.78, 5) is 33.0. The van der Waals surface area contributed by atoms with Crippen molar-refractivity contribution in [2.45, 2.75) is 43.5 Å². The number of carbonyl (C=O) groups is 1. The van der Waals surface area contributed by atoms with Crippen molar-refractivity contribution in [3.8, 4) is 11.5 Å². The van der Waals surface area contributed by atoms with E-state index in [4.69, 9.17) is 9.47 Å². The molecule has 2 N–H and O–H groups in total. The third-order valence-electron chi connectivity index (χ3n) is 5.48. The van der Waals surface area contributed by atoms with Crippen LogP contribution in [-0.4, -0.2) is 29.6 Å². The van der Waals surface area contributed by atoms with Crippen molar-refractivity contribution < 1.29 is 14.3 Å². The first kappa shape index (κ1) is 22.9. The normalized spacial score (nSPS) is 15.0. The number of aromatic amines is 1. The Morgan fingerprint density at radius 1 is 1.12 bits per heavy atom. The minimum atomic E-state index is -0.421. The summed E-state index contributed by atoms with van der Waals surface area (Å²) < 4.78 is 11.2. The summed E-state index contributed by atoms with van der Waals surface area (Å²) in [5, 5.41) is 3.25. The van der Waals surface area contributed by atoms with E-state index in [1.807, 2.05) is 32.0 Å². The van der Waals surface area contributed by atoms with Crippen molar-refractivity contribution in [2.75, 3.05) is 19.0 Å². The minimum absolute atomic E-state index is 0.159. The monoisotopic (exact) mass is 465 g/mol. The Hall–Kier alpha value is -3.26. The number of nitrogens with zero attached hydrogens (tertiary/aromatic N) is 1. The largest absolute Gasteiger partial charge is 0.493 e. The topological polar surface area (TPSA) is 93.3 Å². The van der Waals surface area contributed by atoms with Crippen molar-refractivity contribution in [1.29, 1.82) is 0 Å². The molecule has 33 heavy (non-hydrogen) atoms. The predicted molar refractivity (Wildman–Crippen MR) is 129 cm³/mol. The second-order valence-electron chi connectivity index (χ2n) is 7.97. The van der Waals surface area contributed by atoms with Gasteiger partial charge in [0.1, 0.15) is 5.82 Å². The zero-order chi connectivity index (χ0) is 23.4. The molecule has 2 heterocycles. The van der Waals surface area contributed by atoms with Gasteiger partial charge in [-0.25, -0.2) is 4.98 Å². The van der Waals surface area contributed by atoms with E-state index in [1.54, 1.807) is 7.11 Å². The lowest BCUT2D eigenvalue weighted by Gasteiger charge is -2.25. The number of benzene rings is 2. The van der Waals surface area contributed by atoms with E-state index in [0.717, 1.165) is 17.5 Å².